The highest BCUT2D eigenvalue weighted by Crippen LogP contribution is 2.38. The molecule has 0 spiro atoms. The van der Waals surface area contributed by atoms with Crippen LogP contribution in [0.4, 0.5) is 5.00 Å². The molecule has 2 heterocycles. The van der Waals surface area contributed by atoms with Crippen LogP contribution in [0.25, 0.3) is 11.1 Å². The number of carbonyl (C=O) groups is 2. The van der Waals surface area contributed by atoms with E-state index in [1.165, 1.54) is 30.2 Å². The van der Waals surface area contributed by atoms with Crippen LogP contribution in [0.1, 0.15) is 45.4 Å². The van der Waals surface area contributed by atoms with Crippen molar-refractivity contribution < 1.29 is 19.1 Å². The van der Waals surface area contributed by atoms with Crippen LogP contribution in [0.15, 0.2) is 46.9 Å². The molecule has 0 saturated heterocycles. The molecule has 4 aromatic rings. The molecule has 204 valence electrons. The van der Waals surface area contributed by atoms with E-state index >= 15 is 0 Å². The lowest BCUT2D eigenvalue weighted by Gasteiger charge is -2.11. The first-order chi connectivity index (χ1) is 18.7. The normalized spacial score (nSPS) is 10.9. The molecule has 2 aromatic heterocycles. The molecular formula is C29H32N4O4S2. The molecule has 1 amide bonds. The molecule has 4 rings (SSSR count). The lowest BCUT2D eigenvalue weighted by atomic mass is 9.97. The maximum atomic E-state index is 12.9. The number of aryl methyl sites for hydroxylation is 4. The molecule has 2 aromatic carbocycles. The molecule has 8 nitrogen and oxygen atoms in total. The van der Waals surface area contributed by atoms with E-state index in [4.69, 9.17) is 9.47 Å². The second-order valence-electron chi connectivity index (χ2n) is 9.20. The predicted molar refractivity (Wildman–Crippen MR) is 156 cm³/mol. The standard InChI is InChI=1S/C29H32N4O4S2/c1-7-33-24(14-37-23-13-18(3)9-11-20(23)5)31-32-29(33)39-16-25(34)30-27-26(28(35)36-6)22(15-38-27)21-12-17(2)8-10-19(21)4/h8-13,15H,7,14,16H2,1-6H3,(H,30,34). The zero-order valence-corrected chi connectivity index (χ0v) is 24.6. The summed E-state index contributed by atoms with van der Waals surface area (Å²) in [5, 5.41) is 14.4. The number of benzene rings is 2. The van der Waals surface area contributed by atoms with Crippen LogP contribution in [-0.4, -0.2) is 39.5 Å². The number of ether oxygens (including phenoxy) is 2. The minimum Gasteiger partial charge on any atom is -0.485 e. The van der Waals surface area contributed by atoms with Gasteiger partial charge < -0.3 is 19.4 Å². The monoisotopic (exact) mass is 564 g/mol. The van der Waals surface area contributed by atoms with Gasteiger partial charge in [0.2, 0.25) is 5.91 Å². The van der Waals surface area contributed by atoms with Crippen molar-refractivity contribution in [3.8, 4) is 16.9 Å². The molecule has 0 aliphatic rings. The zero-order valence-electron chi connectivity index (χ0n) is 23.0. The van der Waals surface area contributed by atoms with E-state index in [-0.39, 0.29) is 18.3 Å². The maximum absolute atomic E-state index is 12.9. The summed E-state index contributed by atoms with van der Waals surface area (Å²) in [6.45, 7) is 10.9. The molecule has 0 saturated carbocycles. The van der Waals surface area contributed by atoms with Crippen LogP contribution in [0.2, 0.25) is 0 Å². The van der Waals surface area contributed by atoms with Gasteiger partial charge in [0.15, 0.2) is 11.0 Å². The van der Waals surface area contributed by atoms with Crippen LogP contribution >= 0.6 is 23.1 Å². The van der Waals surface area contributed by atoms with E-state index in [2.05, 4.69) is 15.5 Å². The van der Waals surface area contributed by atoms with Gasteiger partial charge in [-0.2, -0.15) is 0 Å². The first kappa shape index (κ1) is 28.4. The summed E-state index contributed by atoms with van der Waals surface area (Å²) in [7, 11) is 1.34. The summed E-state index contributed by atoms with van der Waals surface area (Å²) in [6, 6.07) is 12.2. The number of thioether (sulfide) groups is 1. The second kappa shape index (κ2) is 12.5. The van der Waals surface area contributed by atoms with E-state index in [9.17, 15) is 9.59 Å². The Bertz CT molecular complexity index is 1510. The smallest absolute Gasteiger partial charge is 0.341 e. The van der Waals surface area contributed by atoms with Gasteiger partial charge in [-0.05, 0) is 62.9 Å². The zero-order chi connectivity index (χ0) is 28.1. The minimum atomic E-state index is -0.491. The molecule has 0 fully saturated rings. The van der Waals surface area contributed by atoms with Crippen LogP contribution in [0, 0.1) is 27.7 Å². The van der Waals surface area contributed by atoms with Gasteiger partial charge in [-0.1, -0.05) is 47.7 Å². The van der Waals surface area contributed by atoms with Gasteiger partial charge in [0.1, 0.15) is 22.9 Å². The van der Waals surface area contributed by atoms with Gasteiger partial charge in [-0.15, -0.1) is 21.5 Å². The van der Waals surface area contributed by atoms with E-state index in [0.717, 1.165) is 39.1 Å². The summed E-state index contributed by atoms with van der Waals surface area (Å²) in [4.78, 5) is 25.7. The van der Waals surface area contributed by atoms with Crippen LogP contribution in [0.5, 0.6) is 5.75 Å². The highest BCUT2D eigenvalue weighted by molar-refractivity contribution is 7.99. The second-order valence-corrected chi connectivity index (χ2v) is 11.0. The van der Waals surface area contributed by atoms with Crippen molar-refractivity contribution in [2.45, 2.75) is 52.9 Å². The van der Waals surface area contributed by atoms with Crippen molar-refractivity contribution in [2.24, 2.45) is 0 Å². The third-order valence-electron chi connectivity index (χ3n) is 6.26. The number of amides is 1. The van der Waals surface area contributed by atoms with Crippen molar-refractivity contribution in [2.75, 3.05) is 18.2 Å². The number of aromatic nitrogens is 3. The summed E-state index contributed by atoms with van der Waals surface area (Å²) in [5.74, 6) is 0.859. The Kier molecular flexibility index (Phi) is 9.08. The molecule has 0 aliphatic heterocycles. The van der Waals surface area contributed by atoms with Crippen LogP contribution in [-0.2, 0) is 22.7 Å². The quantitative estimate of drug-likeness (QED) is 0.177. The molecule has 39 heavy (non-hydrogen) atoms. The molecule has 1 N–H and O–H groups in total. The SMILES string of the molecule is CCn1c(COc2cc(C)ccc2C)nnc1SCC(=O)Nc1scc(-c2cc(C)ccc2C)c1C(=O)OC. The Morgan fingerprint density at radius 1 is 1.00 bits per heavy atom. The first-order valence-electron chi connectivity index (χ1n) is 12.5. The first-order valence-corrected chi connectivity index (χ1v) is 14.4. The summed E-state index contributed by atoms with van der Waals surface area (Å²) in [5.41, 5.74) is 6.33. The van der Waals surface area contributed by atoms with Gasteiger partial charge >= 0.3 is 5.97 Å². The van der Waals surface area contributed by atoms with E-state index in [1.54, 1.807) is 0 Å². The molecular weight excluding hydrogens is 532 g/mol. The molecule has 0 radical (unpaired) electrons. The van der Waals surface area contributed by atoms with Gasteiger partial charge in [-0.25, -0.2) is 4.79 Å². The van der Waals surface area contributed by atoms with Crippen LogP contribution in [0.3, 0.4) is 0 Å². The number of methoxy groups -OCH3 is 1. The number of nitrogens with one attached hydrogen (secondary N) is 1. The minimum absolute atomic E-state index is 0.104. The largest absolute Gasteiger partial charge is 0.485 e. The third-order valence-corrected chi connectivity index (χ3v) is 8.12. The lowest BCUT2D eigenvalue weighted by molar-refractivity contribution is -0.113. The fraction of sp³-hybridized carbons (Fsp3) is 0.310. The topological polar surface area (TPSA) is 95.3 Å². The summed E-state index contributed by atoms with van der Waals surface area (Å²) in [6.07, 6.45) is 0. The van der Waals surface area contributed by atoms with Gasteiger partial charge in [0, 0.05) is 17.5 Å². The number of carbonyl (C=O) groups excluding carboxylic acids is 2. The lowest BCUT2D eigenvalue weighted by Crippen LogP contribution is -2.16. The highest BCUT2D eigenvalue weighted by atomic mass is 32.2. The average molecular weight is 565 g/mol. The third kappa shape index (κ3) is 6.51. The number of nitrogens with zero attached hydrogens (tertiary/aromatic N) is 3. The predicted octanol–water partition coefficient (Wildman–Crippen LogP) is 6.36. The summed E-state index contributed by atoms with van der Waals surface area (Å²) < 4.78 is 13.0. The Labute approximate surface area is 236 Å². The van der Waals surface area contributed by atoms with Gasteiger partial charge in [-0.3, -0.25) is 4.79 Å². The highest BCUT2D eigenvalue weighted by Gasteiger charge is 2.24. The average Bonchev–Trinajstić information content (AvgIpc) is 3.52. The molecule has 0 bridgehead atoms. The number of hydrogen-bond donors (Lipinski definition) is 1. The fourth-order valence-corrected chi connectivity index (χ4v) is 5.91. The Balaban J connectivity index is 1.46. The van der Waals surface area contributed by atoms with E-state index in [1.807, 2.05) is 81.0 Å². The number of anilines is 1. The number of esters is 1. The molecule has 0 unspecified atom stereocenters. The van der Waals surface area contributed by atoms with Crippen molar-refractivity contribution in [1.29, 1.82) is 0 Å². The van der Waals surface area contributed by atoms with Gasteiger partial charge in [0.25, 0.3) is 0 Å². The number of hydrogen-bond acceptors (Lipinski definition) is 8. The Morgan fingerprint density at radius 2 is 1.72 bits per heavy atom. The Morgan fingerprint density at radius 3 is 2.44 bits per heavy atom. The fourth-order valence-electron chi connectivity index (χ4n) is 4.13. The summed E-state index contributed by atoms with van der Waals surface area (Å²) >= 11 is 2.59. The van der Waals surface area contributed by atoms with Crippen molar-refractivity contribution in [3.63, 3.8) is 0 Å². The van der Waals surface area contributed by atoms with Crippen molar-refractivity contribution >= 4 is 40.0 Å². The Hall–Kier alpha value is -3.63. The van der Waals surface area contributed by atoms with Crippen molar-refractivity contribution in [3.05, 3.63) is 75.4 Å². The molecule has 10 heteroatoms. The molecule has 0 aliphatic carbocycles. The van der Waals surface area contributed by atoms with E-state index < -0.39 is 5.97 Å². The number of thiophene rings is 1. The van der Waals surface area contributed by atoms with E-state index in [0.29, 0.717) is 28.1 Å². The maximum Gasteiger partial charge on any atom is 0.341 e. The number of rotatable bonds is 10. The van der Waals surface area contributed by atoms with Gasteiger partial charge in [0.05, 0.1) is 12.9 Å². The van der Waals surface area contributed by atoms with Crippen LogP contribution < -0.4 is 10.1 Å². The van der Waals surface area contributed by atoms with Crippen molar-refractivity contribution in [1.82, 2.24) is 14.8 Å². The molecule has 0 atom stereocenters.